The van der Waals surface area contributed by atoms with Crippen LogP contribution < -0.4 is 0 Å². The third-order valence-electron chi connectivity index (χ3n) is 3.10. The first-order valence-electron chi connectivity index (χ1n) is 5.89. The average molecular weight is 276 g/mol. The van der Waals surface area contributed by atoms with Gasteiger partial charge in [-0.1, -0.05) is 29.8 Å². The van der Waals surface area contributed by atoms with Crippen molar-refractivity contribution in [2.45, 2.75) is 13.3 Å². The lowest BCUT2D eigenvalue weighted by Crippen LogP contribution is -2.04. The Morgan fingerprint density at radius 1 is 1.26 bits per heavy atom. The van der Waals surface area contributed by atoms with Crippen LogP contribution >= 0.6 is 11.6 Å². The van der Waals surface area contributed by atoms with Crippen LogP contribution in [-0.2, 0) is 6.42 Å². The van der Waals surface area contributed by atoms with Crippen LogP contribution in [0.5, 0.6) is 0 Å². The van der Waals surface area contributed by atoms with Crippen LogP contribution in [0.3, 0.4) is 0 Å². The monoisotopic (exact) mass is 275 g/mol. The van der Waals surface area contributed by atoms with Crippen molar-refractivity contribution in [3.05, 3.63) is 64.3 Å². The minimum atomic E-state index is -0.237. The van der Waals surface area contributed by atoms with Crippen molar-refractivity contribution < 1.29 is 4.39 Å². The van der Waals surface area contributed by atoms with E-state index in [1.165, 1.54) is 6.07 Å². The molecule has 0 spiro atoms. The summed E-state index contributed by atoms with van der Waals surface area (Å²) in [5.74, 6) is -0.237. The normalized spacial score (nSPS) is 11.1. The van der Waals surface area contributed by atoms with E-state index >= 15 is 0 Å². The van der Waals surface area contributed by atoms with Crippen molar-refractivity contribution >= 4 is 17.2 Å². The van der Waals surface area contributed by atoms with Crippen LogP contribution in [0.4, 0.5) is 4.39 Å². The lowest BCUT2D eigenvalue weighted by atomic mass is 10.0. The number of fused-ring (bicyclic) bond motifs is 1. The zero-order valence-corrected chi connectivity index (χ0v) is 11.0. The van der Waals surface area contributed by atoms with E-state index in [0.717, 1.165) is 11.3 Å². The molecule has 0 amide bonds. The van der Waals surface area contributed by atoms with E-state index in [0.29, 0.717) is 22.8 Å². The van der Waals surface area contributed by atoms with Gasteiger partial charge in [0.25, 0.3) is 0 Å². The summed E-state index contributed by atoms with van der Waals surface area (Å²) in [7, 11) is 0. The highest BCUT2D eigenvalue weighted by Gasteiger charge is 2.13. The van der Waals surface area contributed by atoms with Gasteiger partial charge in [-0.2, -0.15) is 5.10 Å². The molecule has 96 valence electrons. The molecule has 0 fully saturated rings. The second kappa shape index (κ2) is 4.63. The van der Waals surface area contributed by atoms with E-state index in [9.17, 15) is 4.39 Å². The molecule has 0 aliphatic carbocycles. The molecular weight excluding hydrogens is 265 g/mol. The van der Waals surface area contributed by atoms with E-state index < -0.39 is 0 Å². The number of aryl methyl sites for hydroxylation is 1. The maximum atomic E-state index is 13.7. The first-order valence-corrected chi connectivity index (χ1v) is 6.27. The first-order chi connectivity index (χ1) is 9.16. The van der Waals surface area contributed by atoms with Gasteiger partial charge in [0.2, 0.25) is 0 Å². The summed E-state index contributed by atoms with van der Waals surface area (Å²) in [5, 5.41) is 4.59. The fourth-order valence-corrected chi connectivity index (χ4v) is 2.42. The fraction of sp³-hybridized carbons (Fsp3) is 0.143. The topological polar surface area (TPSA) is 30.2 Å². The maximum Gasteiger partial charge on any atom is 0.156 e. The number of halogens is 2. The molecule has 0 saturated heterocycles. The molecule has 19 heavy (non-hydrogen) atoms. The van der Waals surface area contributed by atoms with Gasteiger partial charge >= 0.3 is 0 Å². The Balaban J connectivity index is 2.12. The fourth-order valence-electron chi connectivity index (χ4n) is 2.08. The lowest BCUT2D eigenvalue weighted by molar-refractivity contribution is 0.613. The Bertz CT molecular complexity index is 752. The molecule has 0 radical (unpaired) electrons. The SMILES string of the molecule is Cc1nc2ccnn2c(Cl)c1Cc1ccccc1F. The zero-order valence-electron chi connectivity index (χ0n) is 10.3. The molecule has 0 bridgehead atoms. The predicted molar refractivity (Wildman–Crippen MR) is 71.9 cm³/mol. The molecule has 0 N–H and O–H groups in total. The standard InChI is InChI=1S/C14H11ClFN3/c1-9-11(8-10-4-2-3-5-12(10)16)14(15)19-13(18-9)6-7-17-19/h2-7H,8H2,1H3. The Kier molecular flexibility index (Phi) is 2.95. The van der Waals surface area contributed by atoms with Crippen molar-refractivity contribution in [2.75, 3.05) is 0 Å². The van der Waals surface area contributed by atoms with Crippen LogP contribution in [0.15, 0.2) is 36.5 Å². The minimum absolute atomic E-state index is 0.237. The third kappa shape index (κ3) is 2.08. The first kappa shape index (κ1) is 12.1. The Morgan fingerprint density at radius 2 is 2.05 bits per heavy atom. The second-order valence-electron chi connectivity index (χ2n) is 4.34. The van der Waals surface area contributed by atoms with Gasteiger partial charge in [-0.25, -0.2) is 13.9 Å². The van der Waals surface area contributed by atoms with E-state index in [1.54, 1.807) is 28.9 Å². The third-order valence-corrected chi connectivity index (χ3v) is 3.49. The highest BCUT2D eigenvalue weighted by molar-refractivity contribution is 6.30. The van der Waals surface area contributed by atoms with Crippen LogP contribution in [0.2, 0.25) is 5.15 Å². The van der Waals surface area contributed by atoms with Gasteiger partial charge in [0.15, 0.2) is 5.65 Å². The molecule has 0 atom stereocenters. The van der Waals surface area contributed by atoms with Crippen LogP contribution in [0, 0.1) is 12.7 Å². The van der Waals surface area contributed by atoms with Gasteiger partial charge in [-0.05, 0) is 18.6 Å². The highest BCUT2D eigenvalue weighted by atomic mass is 35.5. The molecule has 0 saturated carbocycles. The van der Waals surface area contributed by atoms with Crippen LogP contribution in [0.25, 0.3) is 5.65 Å². The number of benzene rings is 1. The molecule has 1 aromatic carbocycles. The number of aromatic nitrogens is 3. The lowest BCUT2D eigenvalue weighted by Gasteiger charge is -2.10. The van der Waals surface area contributed by atoms with Gasteiger partial charge in [0.1, 0.15) is 11.0 Å². The molecule has 3 aromatic rings. The Labute approximate surface area is 114 Å². The average Bonchev–Trinajstić information content (AvgIpc) is 2.84. The van der Waals surface area contributed by atoms with E-state index in [2.05, 4.69) is 10.1 Å². The molecule has 0 aliphatic heterocycles. The Hall–Kier alpha value is -1.94. The number of hydrogen-bond donors (Lipinski definition) is 0. The van der Waals surface area contributed by atoms with Gasteiger partial charge in [0, 0.05) is 23.7 Å². The van der Waals surface area contributed by atoms with Gasteiger partial charge in [0.05, 0.1) is 6.20 Å². The predicted octanol–water partition coefficient (Wildman–Crippen LogP) is 3.42. The molecule has 3 nitrogen and oxygen atoms in total. The van der Waals surface area contributed by atoms with E-state index in [-0.39, 0.29) is 5.82 Å². The minimum Gasteiger partial charge on any atom is -0.233 e. The highest BCUT2D eigenvalue weighted by Crippen LogP contribution is 2.23. The van der Waals surface area contributed by atoms with Gasteiger partial charge < -0.3 is 0 Å². The molecule has 0 unspecified atom stereocenters. The summed E-state index contributed by atoms with van der Waals surface area (Å²) in [4.78, 5) is 4.42. The maximum absolute atomic E-state index is 13.7. The van der Waals surface area contributed by atoms with Gasteiger partial charge in [-0.3, -0.25) is 0 Å². The van der Waals surface area contributed by atoms with Crippen molar-refractivity contribution in [1.82, 2.24) is 14.6 Å². The molecular formula is C14H11ClFN3. The van der Waals surface area contributed by atoms with Crippen molar-refractivity contribution in [3.63, 3.8) is 0 Å². The summed E-state index contributed by atoms with van der Waals surface area (Å²) in [6, 6.07) is 8.45. The Morgan fingerprint density at radius 3 is 2.84 bits per heavy atom. The van der Waals surface area contributed by atoms with Crippen LogP contribution in [0.1, 0.15) is 16.8 Å². The summed E-state index contributed by atoms with van der Waals surface area (Å²) in [6.07, 6.45) is 2.04. The smallest absolute Gasteiger partial charge is 0.156 e. The van der Waals surface area contributed by atoms with Crippen molar-refractivity contribution in [3.8, 4) is 0 Å². The van der Waals surface area contributed by atoms with Gasteiger partial charge in [-0.15, -0.1) is 0 Å². The summed E-state index contributed by atoms with van der Waals surface area (Å²) >= 11 is 6.33. The summed E-state index contributed by atoms with van der Waals surface area (Å²) in [6.45, 7) is 1.87. The molecule has 5 heteroatoms. The molecule has 0 aliphatic rings. The van der Waals surface area contributed by atoms with Crippen molar-refractivity contribution in [2.24, 2.45) is 0 Å². The number of nitrogens with zero attached hydrogens (tertiary/aromatic N) is 3. The number of rotatable bonds is 2. The van der Waals surface area contributed by atoms with Crippen molar-refractivity contribution in [1.29, 1.82) is 0 Å². The summed E-state index contributed by atoms with van der Waals surface area (Å²) < 4.78 is 15.3. The largest absolute Gasteiger partial charge is 0.233 e. The number of hydrogen-bond acceptors (Lipinski definition) is 2. The quantitative estimate of drug-likeness (QED) is 0.671. The molecule has 2 heterocycles. The zero-order chi connectivity index (χ0) is 13.4. The second-order valence-corrected chi connectivity index (χ2v) is 4.69. The summed E-state index contributed by atoms with van der Waals surface area (Å²) in [5.41, 5.74) is 2.88. The molecule has 3 rings (SSSR count). The molecule has 2 aromatic heterocycles. The van der Waals surface area contributed by atoms with E-state index in [1.807, 2.05) is 13.0 Å². The van der Waals surface area contributed by atoms with E-state index in [4.69, 9.17) is 11.6 Å². The van der Waals surface area contributed by atoms with Crippen LogP contribution in [-0.4, -0.2) is 14.6 Å².